The lowest BCUT2D eigenvalue weighted by molar-refractivity contribution is -0.139. The first-order chi connectivity index (χ1) is 16.9. The van der Waals surface area contributed by atoms with Gasteiger partial charge < -0.3 is 10.2 Å². The van der Waals surface area contributed by atoms with Crippen LogP contribution in [0.1, 0.15) is 43.7 Å². The van der Waals surface area contributed by atoms with E-state index in [9.17, 15) is 18.0 Å². The zero-order valence-corrected chi connectivity index (χ0v) is 23.5. The fraction of sp³-hybridized carbons (Fsp3) is 0.440. The monoisotopic (exact) mass is 573 g/mol. The summed E-state index contributed by atoms with van der Waals surface area (Å²) in [6.45, 7) is 2.81. The van der Waals surface area contributed by atoms with Crippen molar-refractivity contribution in [2.24, 2.45) is 0 Å². The number of amides is 2. The predicted molar refractivity (Wildman–Crippen MR) is 145 cm³/mol. The zero-order valence-electron chi connectivity index (χ0n) is 20.4. The smallest absolute Gasteiger partial charge is 0.244 e. The van der Waals surface area contributed by atoms with Gasteiger partial charge in [-0.1, -0.05) is 59.8 Å². The Morgan fingerprint density at radius 3 is 2.22 bits per heavy atom. The number of halogens is 3. The van der Waals surface area contributed by atoms with Crippen molar-refractivity contribution in [3.05, 3.63) is 62.6 Å². The molecule has 7 nitrogen and oxygen atoms in total. The van der Waals surface area contributed by atoms with E-state index in [0.717, 1.165) is 41.8 Å². The first-order valence-corrected chi connectivity index (χ1v) is 14.6. The van der Waals surface area contributed by atoms with Gasteiger partial charge in [0.25, 0.3) is 0 Å². The summed E-state index contributed by atoms with van der Waals surface area (Å²) >= 11 is 18.9. The number of hydrogen-bond acceptors (Lipinski definition) is 4. The number of anilines is 1. The second kappa shape index (κ2) is 12.0. The number of sulfonamides is 1. The number of rotatable bonds is 9. The van der Waals surface area contributed by atoms with Crippen molar-refractivity contribution >= 4 is 62.3 Å². The van der Waals surface area contributed by atoms with Crippen molar-refractivity contribution in [3.8, 4) is 0 Å². The molecule has 1 aliphatic rings. The quantitative estimate of drug-likeness (QED) is 0.446. The third-order valence-corrected chi connectivity index (χ3v) is 8.64. The first-order valence-electron chi connectivity index (χ1n) is 11.6. The number of aryl methyl sites for hydroxylation is 1. The average Bonchev–Trinajstić information content (AvgIpc) is 3.31. The Morgan fingerprint density at radius 1 is 1.06 bits per heavy atom. The van der Waals surface area contributed by atoms with Crippen LogP contribution in [0, 0.1) is 6.92 Å². The SMILES string of the molecule is Cc1ccc(N(CC(=O)N(Cc2c(Cl)cccc2Cl)C(C)C(=O)NC2CCCC2)S(C)(=O)=O)cc1Cl. The molecule has 0 heterocycles. The predicted octanol–water partition coefficient (Wildman–Crippen LogP) is 5.20. The van der Waals surface area contributed by atoms with E-state index in [1.54, 1.807) is 44.2 Å². The molecule has 196 valence electrons. The van der Waals surface area contributed by atoms with E-state index in [4.69, 9.17) is 34.8 Å². The van der Waals surface area contributed by atoms with E-state index >= 15 is 0 Å². The van der Waals surface area contributed by atoms with Gasteiger partial charge in [0, 0.05) is 33.2 Å². The lowest BCUT2D eigenvalue weighted by Gasteiger charge is -2.32. The molecule has 1 aliphatic carbocycles. The molecular formula is C25H30Cl3N3O4S. The molecule has 1 N–H and O–H groups in total. The van der Waals surface area contributed by atoms with E-state index in [1.807, 2.05) is 0 Å². The molecule has 0 aliphatic heterocycles. The largest absolute Gasteiger partial charge is 0.352 e. The van der Waals surface area contributed by atoms with E-state index in [0.29, 0.717) is 20.6 Å². The topological polar surface area (TPSA) is 86.8 Å². The van der Waals surface area contributed by atoms with Crippen LogP contribution in [-0.2, 0) is 26.2 Å². The van der Waals surface area contributed by atoms with Crippen LogP contribution in [-0.4, -0.2) is 50.0 Å². The summed E-state index contributed by atoms with van der Waals surface area (Å²) in [5.74, 6) is -0.898. The van der Waals surface area contributed by atoms with Crippen molar-refractivity contribution in [3.63, 3.8) is 0 Å². The minimum absolute atomic E-state index is 0.0584. The van der Waals surface area contributed by atoms with Crippen LogP contribution in [0.4, 0.5) is 5.69 Å². The maximum atomic E-state index is 13.7. The molecule has 2 amide bonds. The van der Waals surface area contributed by atoms with E-state index in [2.05, 4.69) is 5.32 Å². The standard InChI is InChI=1S/C25H30Cl3N3O4S/c1-16-11-12-19(13-23(16)28)31(36(3,34)35)15-24(32)30(14-20-21(26)9-6-10-22(20)27)17(2)25(33)29-18-7-4-5-8-18/h6,9-13,17-18H,4-5,7-8,14-15H2,1-3H3,(H,29,33). The maximum absolute atomic E-state index is 13.7. The second-order valence-electron chi connectivity index (χ2n) is 9.09. The van der Waals surface area contributed by atoms with Crippen LogP contribution in [0.3, 0.4) is 0 Å². The molecule has 0 spiro atoms. The third kappa shape index (κ3) is 7.06. The summed E-state index contributed by atoms with van der Waals surface area (Å²) in [4.78, 5) is 28.1. The van der Waals surface area contributed by atoms with Gasteiger partial charge in [0.2, 0.25) is 21.8 Å². The van der Waals surface area contributed by atoms with E-state index in [1.165, 1.54) is 11.0 Å². The van der Waals surface area contributed by atoms with Gasteiger partial charge in [-0.25, -0.2) is 8.42 Å². The van der Waals surface area contributed by atoms with Crippen molar-refractivity contribution in [1.29, 1.82) is 0 Å². The molecule has 2 aromatic carbocycles. The van der Waals surface area contributed by atoms with Crippen LogP contribution < -0.4 is 9.62 Å². The molecule has 1 unspecified atom stereocenters. The van der Waals surface area contributed by atoms with Gasteiger partial charge in [-0.05, 0) is 56.5 Å². The Hall–Kier alpha value is -2.00. The van der Waals surface area contributed by atoms with Crippen LogP contribution >= 0.6 is 34.8 Å². The van der Waals surface area contributed by atoms with Gasteiger partial charge in [0.1, 0.15) is 12.6 Å². The molecule has 0 radical (unpaired) electrons. The molecule has 0 aromatic heterocycles. The van der Waals surface area contributed by atoms with Gasteiger partial charge in [0.05, 0.1) is 11.9 Å². The number of nitrogens with zero attached hydrogens (tertiary/aromatic N) is 2. The Bertz CT molecular complexity index is 1210. The molecule has 3 rings (SSSR count). The Kier molecular flexibility index (Phi) is 9.55. The van der Waals surface area contributed by atoms with Crippen LogP contribution in [0.25, 0.3) is 0 Å². The van der Waals surface area contributed by atoms with Gasteiger partial charge in [-0.3, -0.25) is 13.9 Å². The molecule has 1 atom stereocenters. The highest BCUT2D eigenvalue weighted by molar-refractivity contribution is 7.92. The normalized spacial score (nSPS) is 14.9. The zero-order chi connectivity index (χ0) is 26.6. The van der Waals surface area contributed by atoms with Crippen molar-refractivity contribution in [2.45, 2.75) is 58.2 Å². The van der Waals surface area contributed by atoms with Crippen molar-refractivity contribution in [1.82, 2.24) is 10.2 Å². The molecule has 36 heavy (non-hydrogen) atoms. The Labute approximate surface area is 227 Å². The van der Waals surface area contributed by atoms with Gasteiger partial charge in [-0.15, -0.1) is 0 Å². The van der Waals surface area contributed by atoms with E-state index in [-0.39, 0.29) is 24.2 Å². The molecular weight excluding hydrogens is 545 g/mol. The molecule has 1 fully saturated rings. The van der Waals surface area contributed by atoms with Gasteiger partial charge >= 0.3 is 0 Å². The summed E-state index contributed by atoms with van der Waals surface area (Å²) in [5, 5.41) is 4.07. The van der Waals surface area contributed by atoms with Crippen LogP contribution in [0.5, 0.6) is 0 Å². The molecule has 1 saturated carbocycles. The van der Waals surface area contributed by atoms with E-state index < -0.39 is 28.5 Å². The maximum Gasteiger partial charge on any atom is 0.244 e. The van der Waals surface area contributed by atoms with Crippen LogP contribution in [0.15, 0.2) is 36.4 Å². The molecule has 2 aromatic rings. The molecule has 0 saturated heterocycles. The number of benzene rings is 2. The van der Waals surface area contributed by atoms with Crippen molar-refractivity contribution < 1.29 is 18.0 Å². The lowest BCUT2D eigenvalue weighted by atomic mass is 10.1. The summed E-state index contributed by atoms with van der Waals surface area (Å²) in [5.41, 5.74) is 1.49. The summed E-state index contributed by atoms with van der Waals surface area (Å²) in [7, 11) is -3.86. The average molecular weight is 575 g/mol. The number of carbonyl (C=O) groups excluding carboxylic acids is 2. The third-order valence-electron chi connectivity index (χ3n) is 6.38. The summed E-state index contributed by atoms with van der Waals surface area (Å²) in [6, 6.07) is 8.90. The highest BCUT2D eigenvalue weighted by atomic mass is 35.5. The van der Waals surface area contributed by atoms with Gasteiger partial charge in [-0.2, -0.15) is 0 Å². The second-order valence-corrected chi connectivity index (χ2v) is 12.2. The highest BCUT2D eigenvalue weighted by Gasteiger charge is 2.32. The minimum Gasteiger partial charge on any atom is -0.352 e. The summed E-state index contributed by atoms with van der Waals surface area (Å²) in [6.07, 6.45) is 4.87. The van der Waals surface area contributed by atoms with Gasteiger partial charge in [0.15, 0.2) is 0 Å². The number of carbonyl (C=O) groups is 2. The minimum atomic E-state index is -3.86. The highest BCUT2D eigenvalue weighted by Crippen LogP contribution is 2.28. The lowest BCUT2D eigenvalue weighted by Crippen LogP contribution is -2.52. The fourth-order valence-corrected chi connectivity index (χ4v) is 5.71. The Balaban J connectivity index is 1.94. The molecule has 11 heteroatoms. The number of hydrogen-bond donors (Lipinski definition) is 1. The van der Waals surface area contributed by atoms with Crippen LogP contribution in [0.2, 0.25) is 15.1 Å². The number of nitrogens with one attached hydrogen (secondary N) is 1. The molecule has 0 bridgehead atoms. The Morgan fingerprint density at radius 2 is 1.67 bits per heavy atom. The fourth-order valence-electron chi connectivity index (χ4n) is 4.18. The first kappa shape index (κ1) is 28.6. The summed E-state index contributed by atoms with van der Waals surface area (Å²) < 4.78 is 26.3. The van der Waals surface area contributed by atoms with Crippen molar-refractivity contribution in [2.75, 3.05) is 17.1 Å².